The van der Waals surface area contributed by atoms with Crippen LogP contribution < -0.4 is 0 Å². The number of hydrogen-bond donors (Lipinski definition) is 0. The van der Waals surface area contributed by atoms with E-state index < -0.39 is 20.2 Å². The van der Waals surface area contributed by atoms with E-state index in [2.05, 4.69) is 0 Å². The molecule has 0 N–H and O–H groups in total. The van der Waals surface area contributed by atoms with Crippen molar-refractivity contribution in [2.75, 3.05) is 0 Å². The van der Waals surface area contributed by atoms with Crippen LogP contribution in [0.2, 0.25) is 0 Å². The summed E-state index contributed by atoms with van der Waals surface area (Å²) < 4.78 is 64.8. The number of benzene rings is 2. The summed E-state index contributed by atoms with van der Waals surface area (Å²) in [5.41, 5.74) is 1.16. The first-order valence-corrected chi connectivity index (χ1v) is 10.8. The Morgan fingerprint density at radius 1 is 0.630 bits per heavy atom. The van der Waals surface area contributed by atoms with Crippen LogP contribution in [0.1, 0.15) is 50.7 Å². The fourth-order valence-electron chi connectivity index (χ4n) is 2.37. The van der Waals surface area contributed by atoms with Gasteiger partial charge >= 0.3 is 37.7 Å². The van der Waals surface area contributed by atoms with Crippen molar-refractivity contribution in [3.05, 3.63) is 59.7 Å². The Labute approximate surface area is 191 Å². The summed E-state index contributed by atoms with van der Waals surface area (Å²) in [6.45, 7) is 7.40. The molecule has 2 rings (SSSR count). The third-order valence-corrected chi connectivity index (χ3v) is 5.44. The zero-order chi connectivity index (χ0) is 20.1. The minimum absolute atomic E-state index is 0. The summed E-state index contributed by atoms with van der Waals surface area (Å²) in [7, 11) is -8.66. The van der Waals surface area contributed by atoms with Crippen molar-refractivity contribution >= 4 is 58.0 Å². The zero-order valence-corrected chi connectivity index (χ0v) is 19.6. The van der Waals surface area contributed by atoms with Gasteiger partial charge in [-0.1, -0.05) is 64.1 Å². The van der Waals surface area contributed by atoms with E-state index in [1.807, 2.05) is 27.7 Å². The second-order valence-corrected chi connectivity index (χ2v) is 8.99. The molecule has 9 heteroatoms. The van der Waals surface area contributed by atoms with Crippen LogP contribution in [0, 0.1) is 0 Å². The van der Waals surface area contributed by atoms with Gasteiger partial charge in [0.15, 0.2) is 0 Å². The van der Waals surface area contributed by atoms with Gasteiger partial charge in [0, 0.05) is 0 Å². The molecule has 0 saturated heterocycles. The monoisotopic (exact) mass is 438 g/mol. The quantitative estimate of drug-likeness (QED) is 0.535. The fraction of sp³-hybridized carbons (Fsp3) is 0.333. The summed E-state index contributed by atoms with van der Waals surface area (Å²) in [6.07, 6.45) is 0. The Morgan fingerprint density at radius 3 is 1.07 bits per heavy atom. The molecule has 0 atom stereocenters. The topological polar surface area (TPSA) is 114 Å². The van der Waals surface area contributed by atoms with E-state index in [1.165, 1.54) is 12.1 Å². The molecule has 0 amide bonds. The van der Waals surface area contributed by atoms with Crippen molar-refractivity contribution in [2.45, 2.75) is 49.3 Å². The van der Waals surface area contributed by atoms with Gasteiger partial charge in [-0.2, -0.15) is 0 Å². The Bertz CT molecular complexity index is 872. The maximum absolute atomic E-state index is 10.8. The number of hydrogen-bond acceptors (Lipinski definition) is 6. The SMILES string of the molecule is CC(C)c1ccccc1S(=O)(=O)[O-].CC(C)c1ccccc1S(=O)(=O)[O-].[Ca+2]. The second kappa shape index (κ2) is 10.9. The van der Waals surface area contributed by atoms with Gasteiger partial charge in [0.2, 0.25) is 0 Å². The first kappa shape index (κ1) is 26.5. The molecule has 0 fully saturated rings. The molecular formula is C18H22CaO6S2. The van der Waals surface area contributed by atoms with E-state index in [-0.39, 0.29) is 59.4 Å². The molecule has 0 radical (unpaired) electrons. The number of rotatable bonds is 4. The van der Waals surface area contributed by atoms with Crippen LogP contribution in [-0.4, -0.2) is 63.7 Å². The van der Waals surface area contributed by atoms with E-state index in [1.54, 1.807) is 36.4 Å². The van der Waals surface area contributed by atoms with E-state index >= 15 is 0 Å². The van der Waals surface area contributed by atoms with E-state index in [4.69, 9.17) is 0 Å². The van der Waals surface area contributed by atoms with Gasteiger partial charge in [0.25, 0.3) is 0 Å². The van der Waals surface area contributed by atoms with Crippen molar-refractivity contribution < 1.29 is 25.9 Å². The molecule has 0 heterocycles. The second-order valence-electron chi connectivity index (χ2n) is 6.29. The van der Waals surface area contributed by atoms with Crippen molar-refractivity contribution in [1.29, 1.82) is 0 Å². The van der Waals surface area contributed by atoms with Crippen LogP contribution in [0.5, 0.6) is 0 Å². The Kier molecular flexibility index (Phi) is 10.7. The van der Waals surface area contributed by atoms with E-state index in [9.17, 15) is 25.9 Å². The summed E-state index contributed by atoms with van der Waals surface area (Å²) >= 11 is 0. The smallest absolute Gasteiger partial charge is 0.744 e. The van der Waals surface area contributed by atoms with Gasteiger partial charge in [-0.3, -0.25) is 0 Å². The molecule has 2 aromatic carbocycles. The Balaban J connectivity index is 0.000000483. The maximum Gasteiger partial charge on any atom is 2.00 e. The minimum atomic E-state index is -4.33. The van der Waals surface area contributed by atoms with Crippen LogP contribution in [0.15, 0.2) is 58.3 Å². The van der Waals surface area contributed by atoms with Crippen molar-refractivity contribution in [3.63, 3.8) is 0 Å². The van der Waals surface area contributed by atoms with Crippen LogP contribution >= 0.6 is 0 Å². The summed E-state index contributed by atoms with van der Waals surface area (Å²) in [6, 6.07) is 12.6. The molecule has 27 heavy (non-hydrogen) atoms. The van der Waals surface area contributed by atoms with Crippen LogP contribution in [0.4, 0.5) is 0 Å². The average Bonchev–Trinajstić information content (AvgIpc) is 2.54. The third-order valence-electron chi connectivity index (χ3n) is 3.62. The van der Waals surface area contributed by atoms with E-state index in [0.717, 1.165) is 0 Å². The van der Waals surface area contributed by atoms with Gasteiger partial charge in [-0.05, 0) is 35.1 Å². The summed E-state index contributed by atoms with van der Waals surface area (Å²) in [5, 5.41) is 0. The normalized spacial score (nSPS) is 11.6. The van der Waals surface area contributed by atoms with Crippen molar-refractivity contribution in [2.24, 2.45) is 0 Å². The molecule has 0 aliphatic heterocycles. The molecule has 0 aromatic heterocycles. The minimum Gasteiger partial charge on any atom is -0.744 e. The standard InChI is InChI=1S/2C9H12O3S.Ca/c2*1-7(2)8-5-3-4-6-9(8)13(10,11)12;/h2*3-7H,1-2H3,(H,10,11,12);/q;;+2/p-2. The first-order chi connectivity index (χ1) is 11.9. The first-order valence-electron chi connectivity index (χ1n) is 7.95. The van der Waals surface area contributed by atoms with Crippen molar-refractivity contribution in [1.82, 2.24) is 0 Å². The summed E-state index contributed by atoms with van der Waals surface area (Å²) in [4.78, 5) is -0.213. The van der Waals surface area contributed by atoms with Gasteiger partial charge in [-0.15, -0.1) is 0 Å². The summed E-state index contributed by atoms with van der Waals surface area (Å²) in [5.74, 6) is 0.0832. The zero-order valence-electron chi connectivity index (χ0n) is 15.7. The molecule has 2 aromatic rings. The van der Waals surface area contributed by atoms with Crippen LogP contribution in [0.25, 0.3) is 0 Å². The van der Waals surface area contributed by atoms with Gasteiger partial charge < -0.3 is 9.11 Å². The fourth-order valence-corrected chi connectivity index (χ4v) is 4.05. The predicted octanol–water partition coefficient (Wildman–Crippen LogP) is 3.05. The van der Waals surface area contributed by atoms with Gasteiger partial charge in [-0.25, -0.2) is 16.8 Å². The largest absolute Gasteiger partial charge is 2.00 e. The van der Waals surface area contributed by atoms with Crippen LogP contribution in [0.3, 0.4) is 0 Å². The maximum atomic E-state index is 10.8. The van der Waals surface area contributed by atoms with E-state index in [0.29, 0.717) is 11.1 Å². The molecule has 0 unspecified atom stereocenters. The Hall–Kier alpha value is -0.480. The van der Waals surface area contributed by atoms with Crippen molar-refractivity contribution in [3.8, 4) is 0 Å². The predicted molar refractivity (Wildman–Crippen MR) is 103 cm³/mol. The molecule has 144 valence electrons. The van der Waals surface area contributed by atoms with Gasteiger partial charge in [0.1, 0.15) is 20.2 Å². The average molecular weight is 439 g/mol. The molecule has 0 bridgehead atoms. The molecule has 6 nitrogen and oxygen atoms in total. The molecule has 0 spiro atoms. The molecular weight excluding hydrogens is 416 g/mol. The third kappa shape index (κ3) is 8.19. The molecule has 0 saturated carbocycles. The molecule has 0 aliphatic carbocycles. The molecule has 0 aliphatic rings. The van der Waals surface area contributed by atoms with Gasteiger partial charge in [0.05, 0.1) is 9.79 Å². The van der Waals surface area contributed by atoms with Crippen LogP contribution in [-0.2, 0) is 20.2 Å². The Morgan fingerprint density at radius 2 is 0.889 bits per heavy atom.